The third-order valence-corrected chi connectivity index (χ3v) is 3.43. The van der Waals surface area contributed by atoms with Gasteiger partial charge in [0.05, 0.1) is 11.2 Å². The summed E-state index contributed by atoms with van der Waals surface area (Å²) < 4.78 is 0. The van der Waals surface area contributed by atoms with Gasteiger partial charge in [-0.1, -0.05) is 35.9 Å². The summed E-state index contributed by atoms with van der Waals surface area (Å²) in [6.45, 7) is 1.93. The highest BCUT2D eigenvalue weighted by molar-refractivity contribution is 6.31. The van der Waals surface area contributed by atoms with Crippen LogP contribution < -0.4 is 5.32 Å². The van der Waals surface area contributed by atoms with E-state index in [9.17, 15) is 4.79 Å². The van der Waals surface area contributed by atoms with Gasteiger partial charge < -0.3 is 5.32 Å². The van der Waals surface area contributed by atoms with Crippen LogP contribution in [0.5, 0.6) is 0 Å². The summed E-state index contributed by atoms with van der Waals surface area (Å²) in [6.07, 6.45) is 0. The molecule has 0 atom stereocenters. The van der Waals surface area contributed by atoms with Gasteiger partial charge >= 0.3 is 0 Å². The number of para-hydroxylation sites is 1. The lowest BCUT2D eigenvalue weighted by Gasteiger charge is -2.09. The lowest BCUT2D eigenvalue weighted by molar-refractivity contribution is 0.102. The first-order valence-electron chi connectivity index (χ1n) is 6.57. The van der Waals surface area contributed by atoms with E-state index in [1.807, 2.05) is 37.3 Å². The van der Waals surface area contributed by atoms with Crippen LogP contribution in [0.25, 0.3) is 10.9 Å². The second-order valence-corrected chi connectivity index (χ2v) is 5.23. The predicted molar refractivity (Wildman–Crippen MR) is 85.9 cm³/mol. The summed E-state index contributed by atoms with van der Waals surface area (Å²) in [7, 11) is 0. The molecule has 0 radical (unpaired) electrons. The highest BCUT2D eigenvalue weighted by Gasteiger charge is 2.09. The van der Waals surface area contributed by atoms with E-state index in [0.717, 1.165) is 16.6 Å². The average molecular weight is 297 g/mol. The number of carbonyl (C=O) groups is 1. The summed E-state index contributed by atoms with van der Waals surface area (Å²) in [6, 6.07) is 16.5. The molecule has 0 fully saturated rings. The zero-order valence-corrected chi connectivity index (χ0v) is 12.2. The fraction of sp³-hybridized carbons (Fsp3) is 0.0588. The lowest BCUT2D eigenvalue weighted by atomic mass is 10.1. The molecule has 0 aliphatic heterocycles. The Hall–Kier alpha value is -2.39. The average Bonchev–Trinajstić information content (AvgIpc) is 2.48. The highest BCUT2D eigenvalue weighted by atomic mass is 35.5. The van der Waals surface area contributed by atoms with Crippen molar-refractivity contribution in [3.05, 3.63) is 70.9 Å². The maximum Gasteiger partial charge on any atom is 0.255 e. The Balaban J connectivity index is 1.98. The molecule has 0 spiro atoms. The van der Waals surface area contributed by atoms with E-state index in [0.29, 0.717) is 16.3 Å². The molecule has 21 heavy (non-hydrogen) atoms. The van der Waals surface area contributed by atoms with Gasteiger partial charge in [0.1, 0.15) is 0 Å². The SMILES string of the molecule is Cc1ccc2cccc(NC(=O)c3cccc(Cl)c3)c2n1. The van der Waals surface area contributed by atoms with Crippen molar-refractivity contribution in [3.8, 4) is 0 Å². The van der Waals surface area contributed by atoms with Crippen molar-refractivity contribution in [3.63, 3.8) is 0 Å². The number of hydrogen-bond acceptors (Lipinski definition) is 2. The fourth-order valence-corrected chi connectivity index (χ4v) is 2.36. The van der Waals surface area contributed by atoms with Crippen LogP contribution in [0.4, 0.5) is 5.69 Å². The lowest BCUT2D eigenvalue weighted by Crippen LogP contribution is -2.12. The van der Waals surface area contributed by atoms with Gasteiger partial charge in [-0.2, -0.15) is 0 Å². The topological polar surface area (TPSA) is 42.0 Å². The van der Waals surface area contributed by atoms with Gasteiger partial charge in [-0.15, -0.1) is 0 Å². The van der Waals surface area contributed by atoms with Crippen molar-refractivity contribution in [1.29, 1.82) is 0 Å². The van der Waals surface area contributed by atoms with Crippen LogP contribution >= 0.6 is 11.6 Å². The van der Waals surface area contributed by atoms with E-state index in [2.05, 4.69) is 10.3 Å². The van der Waals surface area contributed by atoms with Gasteiger partial charge in [-0.3, -0.25) is 9.78 Å². The molecule has 0 bridgehead atoms. The highest BCUT2D eigenvalue weighted by Crippen LogP contribution is 2.22. The van der Waals surface area contributed by atoms with Gasteiger partial charge in [0.15, 0.2) is 0 Å². The minimum atomic E-state index is -0.201. The molecule has 1 heterocycles. The van der Waals surface area contributed by atoms with Crippen molar-refractivity contribution < 1.29 is 4.79 Å². The van der Waals surface area contributed by atoms with Gasteiger partial charge in [-0.05, 0) is 37.3 Å². The van der Waals surface area contributed by atoms with Crippen molar-refractivity contribution >= 4 is 34.1 Å². The maximum absolute atomic E-state index is 12.3. The van der Waals surface area contributed by atoms with Gasteiger partial charge in [0, 0.05) is 21.7 Å². The molecule has 1 amide bonds. The van der Waals surface area contributed by atoms with Crippen LogP contribution in [-0.2, 0) is 0 Å². The van der Waals surface area contributed by atoms with E-state index in [1.165, 1.54) is 0 Å². The number of aromatic nitrogens is 1. The first-order valence-corrected chi connectivity index (χ1v) is 6.94. The van der Waals surface area contributed by atoms with Crippen LogP contribution in [0.15, 0.2) is 54.6 Å². The molecule has 0 aliphatic rings. The number of amides is 1. The third kappa shape index (κ3) is 2.88. The number of pyridine rings is 1. The summed E-state index contributed by atoms with van der Waals surface area (Å²) >= 11 is 5.92. The maximum atomic E-state index is 12.3. The van der Waals surface area contributed by atoms with Crippen LogP contribution in [0, 0.1) is 6.92 Å². The van der Waals surface area contributed by atoms with Gasteiger partial charge in [-0.25, -0.2) is 0 Å². The molecular formula is C17H13ClN2O. The number of aryl methyl sites for hydroxylation is 1. The Morgan fingerprint density at radius 1 is 1.10 bits per heavy atom. The first kappa shape index (κ1) is 13.6. The van der Waals surface area contributed by atoms with E-state index in [4.69, 9.17) is 11.6 Å². The van der Waals surface area contributed by atoms with Crippen molar-refractivity contribution in [2.24, 2.45) is 0 Å². The molecule has 3 rings (SSSR count). The Morgan fingerprint density at radius 3 is 2.71 bits per heavy atom. The zero-order valence-electron chi connectivity index (χ0n) is 11.4. The van der Waals surface area contributed by atoms with E-state index in [1.54, 1.807) is 24.3 Å². The first-order chi connectivity index (χ1) is 10.1. The molecule has 0 aliphatic carbocycles. The summed E-state index contributed by atoms with van der Waals surface area (Å²) in [4.78, 5) is 16.8. The zero-order chi connectivity index (χ0) is 14.8. The molecule has 4 heteroatoms. The molecule has 2 aromatic carbocycles. The number of nitrogens with one attached hydrogen (secondary N) is 1. The quantitative estimate of drug-likeness (QED) is 0.759. The largest absolute Gasteiger partial charge is 0.320 e. The smallest absolute Gasteiger partial charge is 0.255 e. The molecule has 1 N–H and O–H groups in total. The molecule has 1 aromatic heterocycles. The number of halogens is 1. The van der Waals surface area contributed by atoms with Crippen LogP contribution in [0.3, 0.4) is 0 Å². The number of carbonyl (C=O) groups excluding carboxylic acids is 1. The molecule has 104 valence electrons. The van der Waals surface area contributed by atoms with E-state index < -0.39 is 0 Å². The normalized spacial score (nSPS) is 10.6. The molecule has 0 unspecified atom stereocenters. The minimum Gasteiger partial charge on any atom is -0.320 e. The molecule has 3 nitrogen and oxygen atoms in total. The molecule has 3 aromatic rings. The van der Waals surface area contributed by atoms with Crippen molar-refractivity contribution in [2.45, 2.75) is 6.92 Å². The number of rotatable bonds is 2. The summed E-state index contributed by atoms with van der Waals surface area (Å²) in [5.74, 6) is -0.201. The number of nitrogens with zero attached hydrogens (tertiary/aromatic N) is 1. The Labute approximate surface area is 127 Å². The number of anilines is 1. The monoisotopic (exact) mass is 296 g/mol. The van der Waals surface area contributed by atoms with Gasteiger partial charge in [0.2, 0.25) is 0 Å². The number of benzene rings is 2. The van der Waals surface area contributed by atoms with Crippen LogP contribution in [0.1, 0.15) is 16.1 Å². The number of fused-ring (bicyclic) bond motifs is 1. The molecular weight excluding hydrogens is 284 g/mol. The Bertz CT molecular complexity index is 830. The van der Waals surface area contributed by atoms with E-state index >= 15 is 0 Å². The minimum absolute atomic E-state index is 0.201. The van der Waals surface area contributed by atoms with Gasteiger partial charge in [0.25, 0.3) is 5.91 Å². The predicted octanol–water partition coefficient (Wildman–Crippen LogP) is 4.45. The standard InChI is InChI=1S/C17H13ClN2O/c1-11-8-9-12-4-3-7-15(16(12)19-11)20-17(21)13-5-2-6-14(18)10-13/h2-10H,1H3,(H,20,21). The molecule has 0 saturated carbocycles. The summed E-state index contributed by atoms with van der Waals surface area (Å²) in [5.41, 5.74) is 2.91. The summed E-state index contributed by atoms with van der Waals surface area (Å²) in [5, 5.41) is 4.42. The van der Waals surface area contributed by atoms with Crippen LogP contribution in [0.2, 0.25) is 5.02 Å². The Kier molecular flexibility index (Phi) is 3.59. The second kappa shape index (κ2) is 5.54. The third-order valence-electron chi connectivity index (χ3n) is 3.19. The van der Waals surface area contributed by atoms with Crippen LogP contribution in [-0.4, -0.2) is 10.9 Å². The fourth-order valence-electron chi connectivity index (χ4n) is 2.17. The number of hydrogen-bond donors (Lipinski definition) is 1. The van der Waals surface area contributed by atoms with Crippen molar-refractivity contribution in [1.82, 2.24) is 4.98 Å². The van der Waals surface area contributed by atoms with Crippen molar-refractivity contribution in [2.75, 3.05) is 5.32 Å². The second-order valence-electron chi connectivity index (χ2n) is 4.79. The van der Waals surface area contributed by atoms with E-state index in [-0.39, 0.29) is 5.91 Å². The Morgan fingerprint density at radius 2 is 1.90 bits per heavy atom. The molecule has 0 saturated heterocycles.